The van der Waals surface area contributed by atoms with E-state index in [1.54, 1.807) is 12.1 Å². The minimum Gasteiger partial charge on any atom is -0.301 e. The van der Waals surface area contributed by atoms with Gasteiger partial charge in [-0.2, -0.15) is 4.31 Å². The number of nitrogens with zero attached hydrogens (tertiary/aromatic N) is 2. The maximum atomic E-state index is 12.3. The van der Waals surface area contributed by atoms with E-state index in [0.717, 1.165) is 31.1 Å². The van der Waals surface area contributed by atoms with Crippen molar-refractivity contribution < 1.29 is 13.2 Å². The Bertz CT molecular complexity index is 1090. The molecule has 2 aromatic carbocycles. The van der Waals surface area contributed by atoms with E-state index in [2.05, 4.69) is 10.3 Å². The van der Waals surface area contributed by atoms with Gasteiger partial charge in [-0.3, -0.25) is 4.79 Å². The topological polar surface area (TPSA) is 79.4 Å². The number of amides is 1. The molecule has 140 valence electrons. The second kappa shape index (κ2) is 7.99. The first kappa shape index (κ1) is 19.2. The Labute approximate surface area is 162 Å². The molecule has 1 N–H and O–H groups in total. The van der Waals surface area contributed by atoms with Crippen LogP contribution in [0.25, 0.3) is 16.3 Å². The van der Waals surface area contributed by atoms with Crippen LogP contribution in [0.1, 0.15) is 11.1 Å². The number of anilines is 1. The van der Waals surface area contributed by atoms with E-state index in [1.807, 2.05) is 43.3 Å². The zero-order valence-electron chi connectivity index (χ0n) is 14.9. The van der Waals surface area contributed by atoms with Crippen LogP contribution in [0.2, 0.25) is 0 Å². The molecule has 0 spiro atoms. The van der Waals surface area contributed by atoms with Gasteiger partial charge >= 0.3 is 0 Å². The molecule has 0 bridgehead atoms. The van der Waals surface area contributed by atoms with Gasteiger partial charge in [-0.05, 0) is 30.2 Å². The molecule has 0 saturated carbocycles. The molecule has 3 aromatic rings. The van der Waals surface area contributed by atoms with Crippen molar-refractivity contribution in [2.75, 3.05) is 18.9 Å². The van der Waals surface area contributed by atoms with E-state index in [0.29, 0.717) is 5.13 Å². The van der Waals surface area contributed by atoms with Crippen molar-refractivity contribution in [2.24, 2.45) is 0 Å². The largest absolute Gasteiger partial charge is 0.301 e. The van der Waals surface area contributed by atoms with Gasteiger partial charge in [-0.25, -0.2) is 13.4 Å². The molecule has 1 amide bonds. The molecule has 3 rings (SSSR count). The highest BCUT2D eigenvalue weighted by atomic mass is 32.2. The number of nitrogens with one attached hydrogen (secondary N) is 1. The van der Waals surface area contributed by atoms with E-state index in [1.165, 1.54) is 24.5 Å². The second-order valence-electron chi connectivity index (χ2n) is 6.00. The molecule has 27 heavy (non-hydrogen) atoms. The first-order valence-electron chi connectivity index (χ1n) is 8.20. The third-order valence-electron chi connectivity index (χ3n) is 3.90. The molecule has 1 heterocycles. The molecule has 6 nitrogen and oxygen atoms in total. The Balaban J connectivity index is 1.65. The Morgan fingerprint density at radius 1 is 1.19 bits per heavy atom. The van der Waals surface area contributed by atoms with Gasteiger partial charge in [-0.15, -0.1) is 0 Å². The quantitative estimate of drug-likeness (QED) is 0.686. The lowest BCUT2D eigenvalue weighted by atomic mass is 10.2. The molecular formula is C19H19N3O3S2. The third kappa shape index (κ3) is 4.79. The first-order chi connectivity index (χ1) is 12.8. The van der Waals surface area contributed by atoms with Gasteiger partial charge in [0.2, 0.25) is 15.9 Å². The Morgan fingerprint density at radius 2 is 1.93 bits per heavy atom. The molecular weight excluding hydrogens is 382 g/mol. The van der Waals surface area contributed by atoms with Crippen LogP contribution >= 0.6 is 11.3 Å². The lowest BCUT2D eigenvalue weighted by Gasteiger charge is -2.13. The van der Waals surface area contributed by atoms with Crippen LogP contribution in [-0.2, 0) is 14.8 Å². The second-order valence-corrected chi connectivity index (χ2v) is 8.96. The molecule has 0 aliphatic heterocycles. The smallest absolute Gasteiger partial charge is 0.241 e. The number of hydrogen-bond acceptors (Lipinski definition) is 5. The van der Waals surface area contributed by atoms with E-state index < -0.39 is 15.9 Å². The van der Waals surface area contributed by atoms with E-state index in [9.17, 15) is 13.2 Å². The maximum Gasteiger partial charge on any atom is 0.241 e. The highest BCUT2D eigenvalue weighted by Crippen LogP contribution is 2.27. The number of rotatable bonds is 6. The van der Waals surface area contributed by atoms with Gasteiger partial charge in [0, 0.05) is 12.5 Å². The van der Waals surface area contributed by atoms with Crippen LogP contribution in [0, 0.1) is 6.92 Å². The van der Waals surface area contributed by atoms with Crippen LogP contribution < -0.4 is 5.32 Å². The number of likely N-dealkylation sites (N-methyl/N-ethyl adjacent to an activating group) is 1. The summed E-state index contributed by atoms with van der Waals surface area (Å²) in [5.41, 5.74) is 2.63. The van der Waals surface area contributed by atoms with Crippen LogP contribution in [0.5, 0.6) is 0 Å². The van der Waals surface area contributed by atoms with Gasteiger partial charge in [0.1, 0.15) is 0 Å². The zero-order valence-corrected chi connectivity index (χ0v) is 16.5. The number of carbonyl (C=O) groups excluding carboxylic acids is 1. The highest BCUT2D eigenvalue weighted by Gasteiger charge is 2.18. The summed E-state index contributed by atoms with van der Waals surface area (Å²) in [4.78, 5) is 16.6. The molecule has 0 radical (unpaired) electrons. The van der Waals surface area contributed by atoms with Gasteiger partial charge in [0.05, 0.1) is 16.8 Å². The Hall–Kier alpha value is -2.55. The SMILES string of the molecule is Cc1cccc2sc(NC(=O)CN(C)S(=O)(=O)/C=C/c3ccccc3)nc12. The van der Waals surface area contributed by atoms with Crippen molar-refractivity contribution >= 4 is 48.7 Å². The standard InChI is InChI=1S/C19H19N3O3S2/c1-14-7-6-10-16-18(14)21-19(26-16)20-17(23)13-22(2)27(24,25)12-11-15-8-4-3-5-9-15/h3-12H,13H2,1-2H3,(H,20,21,23)/b12-11+. The maximum absolute atomic E-state index is 12.3. The predicted octanol–water partition coefficient (Wildman–Crippen LogP) is 3.48. The van der Waals surface area contributed by atoms with Crippen molar-refractivity contribution in [3.05, 3.63) is 65.1 Å². The summed E-state index contributed by atoms with van der Waals surface area (Å²) >= 11 is 1.36. The molecule has 0 atom stereocenters. The minimum atomic E-state index is -3.70. The average molecular weight is 402 g/mol. The summed E-state index contributed by atoms with van der Waals surface area (Å²) in [5.74, 6) is -0.439. The Morgan fingerprint density at radius 3 is 2.63 bits per heavy atom. The van der Waals surface area contributed by atoms with E-state index in [-0.39, 0.29) is 6.54 Å². The summed E-state index contributed by atoms with van der Waals surface area (Å²) in [6.45, 7) is 1.66. The summed E-state index contributed by atoms with van der Waals surface area (Å²) in [7, 11) is -2.33. The summed E-state index contributed by atoms with van der Waals surface area (Å²) < 4.78 is 26.6. The number of para-hydroxylation sites is 1. The number of hydrogen-bond donors (Lipinski definition) is 1. The molecule has 0 fully saturated rings. The molecule has 0 saturated heterocycles. The zero-order chi connectivity index (χ0) is 19.4. The van der Waals surface area contributed by atoms with Crippen molar-refractivity contribution in [1.82, 2.24) is 9.29 Å². The fourth-order valence-electron chi connectivity index (χ4n) is 2.42. The monoisotopic (exact) mass is 401 g/mol. The van der Waals surface area contributed by atoms with Crippen LogP contribution in [0.15, 0.2) is 53.9 Å². The molecule has 8 heteroatoms. The minimum absolute atomic E-state index is 0.295. The first-order valence-corrected chi connectivity index (χ1v) is 10.5. The van der Waals surface area contributed by atoms with E-state index >= 15 is 0 Å². The van der Waals surface area contributed by atoms with E-state index in [4.69, 9.17) is 0 Å². The molecule has 0 unspecified atom stereocenters. The lowest BCUT2D eigenvalue weighted by molar-refractivity contribution is -0.116. The van der Waals surface area contributed by atoms with Crippen molar-refractivity contribution in [2.45, 2.75) is 6.92 Å². The van der Waals surface area contributed by atoms with Gasteiger partial charge in [0.25, 0.3) is 0 Å². The number of benzene rings is 2. The van der Waals surface area contributed by atoms with Crippen molar-refractivity contribution in [3.8, 4) is 0 Å². The van der Waals surface area contributed by atoms with Gasteiger partial charge in [-0.1, -0.05) is 53.8 Å². The molecule has 0 aliphatic rings. The van der Waals surface area contributed by atoms with Crippen molar-refractivity contribution in [3.63, 3.8) is 0 Å². The summed E-state index contributed by atoms with van der Waals surface area (Å²) in [6, 6.07) is 14.9. The van der Waals surface area contributed by atoms with Crippen LogP contribution in [-0.4, -0.2) is 37.2 Å². The molecule has 0 aliphatic carbocycles. The summed E-state index contributed by atoms with van der Waals surface area (Å²) in [6.07, 6.45) is 1.50. The predicted molar refractivity (Wildman–Crippen MR) is 110 cm³/mol. The fourth-order valence-corrected chi connectivity index (χ4v) is 4.22. The Kier molecular flexibility index (Phi) is 5.69. The summed E-state index contributed by atoms with van der Waals surface area (Å²) in [5, 5.41) is 4.22. The normalized spacial score (nSPS) is 12.1. The lowest BCUT2D eigenvalue weighted by Crippen LogP contribution is -2.33. The average Bonchev–Trinajstić information content (AvgIpc) is 3.04. The number of thiazole rings is 1. The number of carbonyl (C=O) groups is 1. The number of aryl methyl sites for hydroxylation is 1. The number of sulfonamides is 1. The number of fused-ring (bicyclic) bond motifs is 1. The highest BCUT2D eigenvalue weighted by molar-refractivity contribution is 7.92. The van der Waals surface area contributed by atoms with Gasteiger partial charge < -0.3 is 5.32 Å². The van der Waals surface area contributed by atoms with Crippen molar-refractivity contribution in [1.29, 1.82) is 0 Å². The number of aromatic nitrogens is 1. The fraction of sp³-hybridized carbons (Fsp3) is 0.158. The van der Waals surface area contributed by atoms with Gasteiger partial charge in [0.15, 0.2) is 5.13 Å². The third-order valence-corrected chi connectivity index (χ3v) is 6.31. The van der Waals surface area contributed by atoms with Crippen LogP contribution in [0.4, 0.5) is 5.13 Å². The molecule has 1 aromatic heterocycles. The van der Waals surface area contributed by atoms with Crippen LogP contribution in [0.3, 0.4) is 0 Å².